The molecule has 1 unspecified atom stereocenters. The molecule has 0 aromatic heterocycles. The molecule has 0 amide bonds. The van der Waals surface area contributed by atoms with Crippen LogP contribution in [0.4, 0.5) is 0 Å². The van der Waals surface area contributed by atoms with Gasteiger partial charge in [0.2, 0.25) is 0 Å². The van der Waals surface area contributed by atoms with E-state index in [0.29, 0.717) is 5.08 Å². The molecule has 0 spiro atoms. The van der Waals surface area contributed by atoms with Gasteiger partial charge in [-0.2, -0.15) is 0 Å². The quantitative estimate of drug-likeness (QED) is 0.610. The van der Waals surface area contributed by atoms with E-state index >= 15 is 0 Å². The van der Waals surface area contributed by atoms with E-state index in [1.54, 1.807) is 0 Å². The van der Waals surface area contributed by atoms with E-state index in [0.717, 1.165) is 4.67 Å². The van der Waals surface area contributed by atoms with Crippen LogP contribution in [0.1, 0.15) is 14.6 Å². The van der Waals surface area contributed by atoms with Gasteiger partial charge in [-0.05, 0) is 6.37 Å². The predicted molar refractivity (Wildman–Crippen MR) is 59.2 cm³/mol. The monoisotopic (exact) mass is 267 g/mol. The van der Waals surface area contributed by atoms with E-state index in [9.17, 15) is 4.57 Å². The van der Waals surface area contributed by atoms with Crippen molar-refractivity contribution in [1.82, 2.24) is 9.75 Å². The van der Waals surface area contributed by atoms with Gasteiger partial charge >= 0.3 is 7.67 Å². The Labute approximate surface area is 104 Å². The van der Waals surface area contributed by atoms with E-state index in [1.807, 2.05) is 0 Å². The molecule has 0 aromatic carbocycles. The molecule has 14 heavy (non-hydrogen) atoms. The lowest BCUT2D eigenvalue weighted by molar-refractivity contribution is 0.233. The molecule has 1 N–H and O–H groups in total. The summed E-state index contributed by atoms with van der Waals surface area (Å²) in [5.41, 5.74) is 0. The fourth-order valence-electron chi connectivity index (χ4n) is 0.899. The second-order valence-corrected chi connectivity index (χ2v) is 5.03. The molecule has 1 rings (SSSR count). The Kier molecular flexibility index (Phi) is 2.64. The van der Waals surface area contributed by atoms with Gasteiger partial charge in [-0.1, -0.05) is 0 Å². The van der Waals surface area contributed by atoms with Gasteiger partial charge in [0.25, 0.3) is 0 Å². The highest BCUT2D eigenvalue weighted by Crippen LogP contribution is 2.47. The van der Waals surface area contributed by atoms with Crippen molar-refractivity contribution in [2.24, 2.45) is 0 Å². The highest BCUT2D eigenvalue weighted by molar-refractivity contribution is 7.54. The number of hydrogen-bond donors (Lipinski definition) is 1. The summed E-state index contributed by atoms with van der Waals surface area (Å²) >= 11 is 10.9. The van der Waals surface area contributed by atoms with Crippen molar-refractivity contribution in [1.29, 1.82) is 0 Å². The van der Waals surface area contributed by atoms with Gasteiger partial charge in [0.15, 0.2) is 0 Å². The minimum atomic E-state index is -4.14. The van der Waals surface area contributed by atoms with Crippen molar-refractivity contribution in [3.05, 3.63) is 0 Å². The standard InChI is InChI=1S/C7H15Cl2N2O2P/c8-2-5-11(6-3-9)14(12)10-4-1-7-13-14/h1-7H2,(H,10,12)/i1D2,2D2,3D2/hD. The number of nitrogens with zero attached hydrogens (tertiary/aromatic N) is 1. The third-order valence-electron chi connectivity index (χ3n) is 1.54. The lowest BCUT2D eigenvalue weighted by Gasteiger charge is -2.33. The zero-order valence-electron chi connectivity index (χ0n) is 14.2. The van der Waals surface area contributed by atoms with E-state index in [-0.39, 0.29) is 0 Å². The van der Waals surface area contributed by atoms with Crippen LogP contribution in [0, 0.1) is 0 Å². The molecule has 0 bridgehead atoms. The maximum Gasteiger partial charge on any atom is 0.343 e. The summed E-state index contributed by atoms with van der Waals surface area (Å²) in [4.78, 5) is 0. The minimum absolute atomic E-state index is 0.363. The van der Waals surface area contributed by atoms with Crippen LogP contribution in [0.2, 0.25) is 1.41 Å². The summed E-state index contributed by atoms with van der Waals surface area (Å²) in [5.74, 6) is -4.69. The Morgan fingerprint density at radius 3 is 2.79 bits per heavy atom. The van der Waals surface area contributed by atoms with Crippen molar-refractivity contribution in [3.63, 3.8) is 0 Å². The molecular weight excluding hydrogens is 246 g/mol. The van der Waals surface area contributed by atoms with Crippen molar-refractivity contribution in [3.8, 4) is 0 Å². The van der Waals surface area contributed by atoms with Gasteiger partial charge in [-0.25, -0.2) is 9.75 Å². The largest absolute Gasteiger partial charge is 0.343 e. The third kappa shape index (κ3) is 3.37. The molecule has 1 atom stereocenters. The average Bonchev–Trinajstić information content (AvgIpc) is 2.18. The SMILES string of the molecule is [2H]N1CC([2H])([2H])COP1(=O)N(CC([2H])([2H])Cl)CC([2H])([2H])Cl. The summed E-state index contributed by atoms with van der Waals surface area (Å²) in [6.45, 7) is -2.49. The molecule has 4 nitrogen and oxygen atoms in total. The number of rotatable bonds is 5. The first-order chi connectivity index (χ1) is 9.15. The Morgan fingerprint density at radius 1 is 1.64 bits per heavy atom. The van der Waals surface area contributed by atoms with Gasteiger partial charge < -0.3 is 4.52 Å². The Morgan fingerprint density at radius 2 is 2.29 bits per heavy atom. The molecule has 0 aromatic rings. The van der Waals surface area contributed by atoms with E-state index in [2.05, 4.69) is 0 Å². The molecule has 7 heteroatoms. The Balaban J connectivity index is 3.04. The summed E-state index contributed by atoms with van der Waals surface area (Å²) < 4.78 is 70.3. The molecule has 0 radical (unpaired) electrons. The minimum Gasteiger partial charge on any atom is -0.306 e. The average molecular weight is 268 g/mol. The van der Waals surface area contributed by atoms with Gasteiger partial charge in [0.1, 0.15) is 1.41 Å². The summed E-state index contributed by atoms with van der Waals surface area (Å²) in [5, 5.41) is 0.363. The van der Waals surface area contributed by atoms with Crippen molar-refractivity contribution < 1.29 is 18.7 Å². The fourth-order valence-corrected chi connectivity index (χ4v) is 2.82. The zero-order valence-corrected chi connectivity index (χ0v) is 9.65. The van der Waals surface area contributed by atoms with Crippen LogP contribution in [0.5, 0.6) is 0 Å². The summed E-state index contributed by atoms with van der Waals surface area (Å²) in [6.07, 6.45) is -1.89. The second-order valence-electron chi connectivity index (χ2n) is 2.40. The number of halogens is 2. The number of nitrogens with one attached hydrogen (secondary N) is 1. The first-order valence-electron chi connectivity index (χ1n) is 7.24. The Hall–Kier alpha value is 0.690. The maximum absolute atomic E-state index is 12.7. The van der Waals surface area contributed by atoms with Gasteiger partial charge in [-0.15, -0.1) is 23.2 Å². The van der Waals surface area contributed by atoms with Crippen LogP contribution in [0.3, 0.4) is 0 Å². The molecule has 1 aliphatic heterocycles. The first kappa shape index (κ1) is 5.85. The predicted octanol–water partition coefficient (Wildman–Crippen LogP) is 1.88. The molecule has 84 valence electrons. The lowest BCUT2D eigenvalue weighted by Crippen LogP contribution is -2.35. The molecule has 1 heterocycles. The molecule has 0 saturated carbocycles. The normalized spacial score (nSPS) is 42.6. The van der Waals surface area contributed by atoms with Crippen LogP contribution in [0.15, 0.2) is 0 Å². The van der Waals surface area contributed by atoms with Crippen LogP contribution in [0.25, 0.3) is 0 Å². The second kappa shape index (κ2) is 6.31. The molecule has 0 aliphatic carbocycles. The smallest absolute Gasteiger partial charge is 0.306 e. The van der Waals surface area contributed by atoms with E-state index in [4.69, 9.17) is 37.4 Å². The summed E-state index contributed by atoms with van der Waals surface area (Å²) in [7, 11) is -4.14. The molecule has 1 aliphatic rings. The van der Waals surface area contributed by atoms with Crippen LogP contribution < -0.4 is 5.08 Å². The topological polar surface area (TPSA) is 41.6 Å². The fraction of sp³-hybridized carbons (Fsp3) is 1.00. The third-order valence-corrected chi connectivity index (χ3v) is 3.74. The van der Waals surface area contributed by atoms with Gasteiger partial charge in [0.05, 0.1) is 6.61 Å². The van der Waals surface area contributed by atoms with Crippen LogP contribution in [-0.2, 0) is 9.09 Å². The highest BCUT2D eigenvalue weighted by atomic mass is 35.5. The summed E-state index contributed by atoms with van der Waals surface area (Å²) in [6, 6.07) is 0. The van der Waals surface area contributed by atoms with E-state index < -0.39 is 51.9 Å². The number of alkyl halides is 2. The van der Waals surface area contributed by atoms with Gasteiger partial charge in [-0.3, -0.25) is 4.57 Å². The first-order valence-corrected chi connectivity index (χ1v) is 6.08. The van der Waals surface area contributed by atoms with Crippen LogP contribution in [-0.4, -0.2) is 42.6 Å². The molecular formula is C7H15Cl2N2O2P. The molecule has 1 fully saturated rings. The van der Waals surface area contributed by atoms with Crippen molar-refractivity contribution in [2.75, 3.05) is 37.9 Å². The number of hydrogen-bond acceptors (Lipinski definition) is 2. The van der Waals surface area contributed by atoms with E-state index in [1.165, 1.54) is 0 Å². The van der Waals surface area contributed by atoms with Crippen molar-refractivity contribution >= 4 is 30.9 Å². The van der Waals surface area contributed by atoms with Gasteiger partial charge in [0, 0.05) is 39.5 Å². The lowest BCUT2D eigenvalue weighted by atomic mass is 10.5. The van der Waals surface area contributed by atoms with Crippen LogP contribution >= 0.6 is 30.9 Å². The highest BCUT2D eigenvalue weighted by Gasteiger charge is 2.32. The Bertz CT molecular complexity index is 414. The van der Waals surface area contributed by atoms with Crippen molar-refractivity contribution in [2.45, 2.75) is 6.37 Å². The zero-order chi connectivity index (χ0) is 16.7. The maximum atomic E-state index is 12.7. The molecule has 1 saturated heterocycles.